The predicted octanol–water partition coefficient (Wildman–Crippen LogP) is 4.15. The van der Waals surface area contributed by atoms with Gasteiger partial charge in [0.25, 0.3) is 0 Å². The number of hydrogen-bond donors (Lipinski definition) is 2. The first-order valence-electron chi connectivity index (χ1n) is 11.0. The summed E-state index contributed by atoms with van der Waals surface area (Å²) in [6, 6.07) is 8.62. The van der Waals surface area contributed by atoms with Gasteiger partial charge in [0.1, 0.15) is 0 Å². The molecule has 0 aliphatic carbocycles. The molecule has 0 bridgehead atoms. The number of likely N-dealkylation sites (tertiary alicyclic amines) is 1. The Labute approximate surface area is 208 Å². The fourth-order valence-electron chi connectivity index (χ4n) is 4.24. The van der Waals surface area contributed by atoms with Gasteiger partial charge in [-0.25, -0.2) is 0 Å². The molecular formula is C23H36ClIN6. The molecule has 8 heteroatoms. The minimum atomic E-state index is 0. The first kappa shape index (κ1) is 25.9. The molecule has 0 spiro atoms. The SMILES string of the molecule is CCc1nn(C)c(CC)c1CNC(=NC)NC1CCN(Cc2ccc(Cl)cc2)CC1.I. The molecule has 1 aromatic carbocycles. The van der Waals surface area contributed by atoms with Gasteiger partial charge in [-0.15, -0.1) is 24.0 Å². The Kier molecular flexibility index (Phi) is 10.6. The second-order valence-corrected chi connectivity index (χ2v) is 8.39. The summed E-state index contributed by atoms with van der Waals surface area (Å²) >= 11 is 5.99. The van der Waals surface area contributed by atoms with Crippen molar-refractivity contribution in [2.45, 2.75) is 58.7 Å². The predicted molar refractivity (Wildman–Crippen MR) is 140 cm³/mol. The highest BCUT2D eigenvalue weighted by Gasteiger charge is 2.20. The van der Waals surface area contributed by atoms with Crippen molar-refractivity contribution in [1.29, 1.82) is 0 Å². The highest BCUT2D eigenvalue weighted by Crippen LogP contribution is 2.17. The van der Waals surface area contributed by atoms with Crippen molar-refractivity contribution in [2.24, 2.45) is 12.0 Å². The molecule has 3 rings (SSSR count). The van der Waals surface area contributed by atoms with Gasteiger partial charge in [-0.1, -0.05) is 37.6 Å². The van der Waals surface area contributed by atoms with Gasteiger partial charge in [0.2, 0.25) is 0 Å². The van der Waals surface area contributed by atoms with E-state index in [2.05, 4.69) is 51.6 Å². The number of aromatic nitrogens is 2. The van der Waals surface area contributed by atoms with Crippen molar-refractivity contribution in [1.82, 2.24) is 25.3 Å². The van der Waals surface area contributed by atoms with Crippen LogP contribution in [0.25, 0.3) is 0 Å². The average molecular weight is 559 g/mol. The third kappa shape index (κ3) is 7.08. The Morgan fingerprint density at radius 1 is 1.16 bits per heavy atom. The van der Waals surface area contributed by atoms with Crippen LogP contribution in [0.1, 0.15) is 49.2 Å². The molecule has 172 valence electrons. The Morgan fingerprint density at radius 2 is 1.84 bits per heavy atom. The van der Waals surface area contributed by atoms with E-state index in [9.17, 15) is 0 Å². The number of guanidine groups is 1. The van der Waals surface area contributed by atoms with Crippen molar-refractivity contribution < 1.29 is 0 Å². The van der Waals surface area contributed by atoms with Gasteiger partial charge in [-0.3, -0.25) is 14.6 Å². The molecule has 1 saturated heterocycles. The minimum absolute atomic E-state index is 0. The number of nitrogens with zero attached hydrogens (tertiary/aromatic N) is 4. The van der Waals surface area contributed by atoms with Crippen LogP contribution in [0.2, 0.25) is 5.02 Å². The van der Waals surface area contributed by atoms with Crippen LogP contribution < -0.4 is 10.6 Å². The van der Waals surface area contributed by atoms with Crippen molar-refractivity contribution in [2.75, 3.05) is 20.1 Å². The Hall–Kier alpha value is -1.32. The van der Waals surface area contributed by atoms with E-state index in [0.717, 1.165) is 62.8 Å². The molecule has 0 atom stereocenters. The van der Waals surface area contributed by atoms with Gasteiger partial charge < -0.3 is 10.6 Å². The molecule has 2 heterocycles. The third-order valence-electron chi connectivity index (χ3n) is 5.93. The van der Waals surface area contributed by atoms with Gasteiger partial charge in [0.05, 0.1) is 5.69 Å². The van der Waals surface area contributed by atoms with E-state index in [0.29, 0.717) is 6.04 Å². The van der Waals surface area contributed by atoms with E-state index in [-0.39, 0.29) is 24.0 Å². The van der Waals surface area contributed by atoms with Crippen LogP contribution in [0.5, 0.6) is 0 Å². The summed E-state index contributed by atoms with van der Waals surface area (Å²) in [7, 11) is 3.88. The summed E-state index contributed by atoms with van der Waals surface area (Å²) in [5.74, 6) is 0.874. The number of aliphatic imine (C=N–C) groups is 1. The zero-order valence-electron chi connectivity index (χ0n) is 19.1. The molecule has 0 radical (unpaired) electrons. The standard InChI is InChI=1S/C23H35ClN6.HI/c1-5-21-20(22(6-2)29(4)28-21)15-26-23(25-3)27-19-11-13-30(14-12-19)16-17-7-9-18(24)10-8-17;/h7-10,19H,5-6,11-16H2,1-4H3,(H2,25,26,27);1H. The number of nitrogens with one attached hydrogen (secondary N) is 2. The summed E-state index contributed by atoms with van der Waals surface area (Å²) in [5, 5.41) is 12.6. The van der Waals surface area contributed by atoms with Gasteiger partial charge in [0.15, 0.2) is 5.96 Å². The summed E-state index contributed by atoms with van der Waals surface area (Å²) < 4.78 is 2.02. The molecule has 2 N–H and O–H groups in total. The molecule has 0 unspecified atom stereocenters. The lowest BCUT2D eigenvalue weighted by Gasteiger charge is -2.33. The highest BCUT2D eigenvalue weighted by atomic mass is 127. The smallest absolute Gasteiger partial charge is 0.191 e. The number of aryl methyl sites for hydroxylation is 2. The van der Waals surface area contributed by atoms with Gasteiger partial charge >= 0.3 is 0 Å². The lowest BCUT2D eigenvalue weighted by Crippen LogP contribution is -2.48. The van der Waals surface area contributed by atoms with Gasteiger partial charge in [-0.05, 0) is 43.4 Å². The van der Waals surface area contributed by atoms with Crippen molar-refractivity contribution >= 4 is 41.5 Å². The molecule has 1 aromatic heterocycles. The van der Waals surface area contributed by atoms with Crippen LogP contribution >= 0.6 is 35.6 Å². The number of piperidine rings is 1. The maximum atomic E-state index is 5.99. The fraction of sp³-hybridized carbons (Fsp3) is 0.565. The van der Waals surface area contributed by atoms with E-state index in [4.69, 9.17) is 11.6 Å². The quantitative estimate of drug-likeness (QED) is 0.305. The molecule has 2 aromatic rings. The van der Waals surface area contributed by atoms with Crippen molar-refractivity contribution in [3.8, 4) is 0 Å². The summed E-state index contributed by atoms with van der Waals surface area (Å²) in [4.78, 5) is 6.96. The lowest BCUT2D eigenvalue weighted by atomic mass is 10.0. The monoisotopic (exact) mass is 558 g/mol. The molecule has 1 aliphatic heterocycles. The number of rotatable bonds is 7. The molecule has 0 saturated carbocycles. The number of halogens is 2. The van der Waals surface area contributed by atoms with E-state index in [1.165, 1.54) is 22.5 Å². The van der Waals surface area contributed by atoms with E-state index >= 15 is 0 Å². The highest BCUT2D eigenvalue weighted by molar-refractivity contribution is 14.0. The zero-order chi connectivity index (χ0) is 21.5. The minimum Gasteiger partial charge on any atom is -0.354 e. The second kappa shape index (κ2) is 12.6. The number of hydrogen-bond acceptors (Lipinski definition) is 3. The largest absolute Gasteiger partial charge is 0.354 e. The second-order valence-electron chi connectivity index (χ2n) is 7.95. The first-order valence-corrected chi connectivity index (χ1v) is 11.4. The molecule has 1 fully saturated rings. The summed E-state index contributed by atoms with van der Waals surface area (Å²) in [5.41, 5.74) is 5.10. The van der Waals surface area contributed by atoms with E-state index in [1.807, 2.05) is 30.9 Å². The lowest BCUT2D eigenvalue weighted by molar-refractivity contribution is 0.198. The third-order valence-corrected chi connectivity index (χ3v) is 6.18. The van der Waals surface area contributed by atoms with E-state index in [1.54, 1.807) is 0 Å². The Morgan fingerprint density at radius 3 is 2.42 bits per heavy atom. The average Bonchev–Trinajstić information content (AvgIpc) is 3.08. The van der Waals surface area contributed by atoms with Gasteiger partial charge in [0, 0.05) is 62.6 Å². The summed E-state index contributed by atoms with van der Waals surface area (Å²) in [6.07, 6.45) is 4.16. The van der Waals surface area contributed by atoms with Crippen LogP contribution in [0, 0.1) is 0 Å². The van der Waals surface area contributed by atoms with Crippen molar-refractivity contribution in [3.05, 3.63) is 51.8 Å². The van der Waals surface area contributed by atoms with E-state index < -0.39 is 0 Å². The number of benzene rings is 1. The molecule has 0 amide bonds. The molecule has 1 aliphatic rings. The maximum absolute atomic E-state index is 5.99. The zero-order valence-corrected chi connectivity index (χ0v) is 22.2. The maximum Gasteiger partial charge on any atom is 0.191 e. The van der Waals surface area contributed by atoms with Crippen LogP contribution in [0.4, 0.5) is 0 Å². The first-order chi connectivity index (χ1) is 14.5. The van der Waals surface area contributed by atoms with Crippen LogP contribution in [0.3, 0.4) is 0 Å². The Bertz CT molecular complexity index is 840. The van der Waals surface area contributed by atoms with Crippen LogP contribution in [0.15, 0.2) is 29.3 Å². The molecule has 31 heavy (non-hydrogen) atoms. The normalized spacial score (nSPS) is 15.6. The van der Waals surface area contributed by atoms with Crippen LogP contribution in [-0.2, 0) is 33.0 Å². The topological polar surface area (TPSA) is 57.5 Å². The molecule has 6 nitrogen and oxygen atoms in total. The van der Waals surface area contributed by atoms with Crippen molar-refractivity contribution in [3.63, 3.8) is 0 Å². The summed E-state index contributed by atoms with van der Waals surface area (Å²) in [6.45, 7) is 8.26. The Balaban J connectivity index is 0.00000341. The van der Waals surface area contributed by atoms with Gasteiger partial charge in [-0.2, -0.15) is 5.10 Å². The fourth-order valence-corrected chi connectivity index (χ4v) is 4.36. The molecular weight excluding hydrogens is 523 g/mol. The van der Waals surface area contributed by atoms with Crippen LogP contribution in [-0.4, -0.2) is 46.8 Å².